The molecule has 1 fully saturated rings. The molecular formula is C15H13F3N2O2S. The molecule has 0 bridgehead atoms. The number of carbonyl (C=O) groups is 1. The van der Waals surface area contributed by atoms with E-state index in [9.17, 15) is 18.0 Å². The van der Waals surface area contributed by atoms with Crippen LogP contribution in [0.4, 0.5) is 18.3 Å². The Kier molecular flexibility index (Phi) is 4.36. The van der Waals surface area contributed by atoms with Gasteiger partial charge >= 0.3 is 6.18 Å². The highest BCUT2D eigenvalue weighted by Crippen LogP contribution is 2.33. The summed E-state index contributed by atoms with van der Waals surface area (Å²) in [6, 6.07) is 4.94. The summed E-state index contributed by atoms with van der Waals surface area (Å²) < 4.78 is 43.5. The van der Waals surface area contributed by atoms with Gasteiger partial charge in [-0.2, -0.15) is 13.2 Å². The summed E-state index contributed by atoms with van der Waals surface area (Å²) in [7, 11) is 0. The van der Waals surface area contributed by atoms with Crippen molar-refractivity contribution >= 4 is 22.4 Å². The van der Waals surface area contributed by atoms with Crippen molar-refractivity contribution in [2.24, 2.45) is 0 Å². The van der Waals surface area contributed by atoms with Crippen molar-refractivity contribution in [3.63, 3.8) is 0 Å². The maximum absolute atomic E-state index is 12.7. The average Bonchev–Trinajstić information content (AvgIpc) is 3.18. The number of carbonyl (C=O) groups excluding carboxylic acids is 1. The molecule has 1 atom stereocenters. The number of amides is 1. The Morgan fingerprint density at radius 2 is 2.22 bits per heavy atom. The van der Waals surface area contributed by atoms with Gasteiger partial charge in [0.05, 0.1) is 11.3 Å². The van der Waals surface area contributed by atoms with Crippen LogP contribution in [-0.4, -0.2) is 23.6 Å². The molecule has 1 aliphatic heterocycles. The fourth-order valence-electron chi connectivity index (χ4n) is 2.29. The predicted molar refractivity (Wildman–Crippen MR) is 80.2 cm³/mol. The van der Waals surface area contributed by atoms with E-state index in [0.29, 0.717) is 29.4 Å². The smallest absolute Gasteiger partial charge is 0.368 e. The number of anilines is 1. The lowest BCUT2D eigenvalue weighted by Gasteiger charge is -2.08. The maximum Gasteiger partial charge on any atom is 0.416 e. The van der Waals surface area contributed by atoms with Gasteiger partial charge in [-0.25, -0.2) is 4.98 Å². The van der Waals surface area contributed by atoms with E-state index in [1.807, 2.05) is 0 Å². The summed E-state index contributed by atoms with van der Waals surface area (Å²) >= 11 is 1.16. The molecule has 1 unspecified atom stereocenters. The lowest BCUT2D eigenvalue weighted by Crippen LogP contribution is -2.26. The van der Waals surface area contributed by atoms with Gasteiger partial charge in [0.1, 0.15) is 6.10 Å². The Labute approximate surface area is 134 Å². The van der Waals surface area contributed by atoms with Crippen LogP contribution in [0.3, 0.4) is 0 Å². The molecule has 23 heavy (non-hydrogen) atoms. The third-order valence-electron chi connectivity index (χ3n) is 3.44. The molecule has 3 rings (SSSR count). The van der Waals surface area contributed by atoms with E-state index >= 15 is 0 Å². The second-order valence-electron chi connectivity index (χ2n) is 5.11. The minimum atomic E-state index is -4.40. The van der Waals surface area contributed by atoms with Crippen LogP contribution in [0.2, 0.25) is 0 Å². The Morgan fingerprint density at radius 3 is 2.91 bits per heavy atom. The van der Waals surface area contributed by atoms with Gasteiger partial charge in [-0.1, -0.05) is 12.1 Å². The van der Waals surface area contributed by atoms with Crippen molar-refractivity contribution < 1.29 is 22.7 Å². The first-order chi connectivity index (χ1) is 10.9. The number of nitrogens with zero attached hydrogens (tertiary/aromatic N) is 1. The first-order valence-electron chi connectivity index (χ1n) is 6.99. The topological polar surface area (TPSA) is 51.2 Å². The number of aromatic nitrogens is 1. The molecule has 1 aromatic heterocycles. The minimum absolute atomic E-state index is 0.271. The fraction of sp³-hybridized carbons (Fsp3) is 0.333. The Morgan fingerprint density at radius 1 is 1.39 bits per heavy atom. The van der Waals surface area contributed by atoms with Gasteiger partial charge in [-0.05, 0) is 25.0 Å². The molecule has 2 heterocycles. The first kappa shape index (κ1) is 15.9. The molecule has 8 heteroatoms. The van der Waals surface area contributed by atoms with Crippen LogP contribution in [0.1, 0.15) is 18.4 Å². The Bertz CT molecular complexity index is 709. The molecule has 1 amide bonds. The van der Waals surface area contributed by atoms with Crippen molar-refractivity contribution in [1.82, 2.24) is 4.98 Å². The third-order valence-corrected chi connectivity index (χ3v) is 4.20. The van der Waals surface area contributed by atoms with Gasteiger partial charge in [-0.15, -0.1) is 11.3 Å². The lowest BCUT2D eigenvalue weighted by atomic mass is 10.1. The zero-order valence-corrected chi connectivity index (χ0v) is 12.7. The fourth-order valence-corrected chi connectivity index (χ4v) is 3.01. The third kappa shape index (κ3) is 3.70. The standard InChI is InChI=1S/C15H13F3N2O2S/c16-15(17,18)10-4-1-3-9(7-10)11-8-23-14(19-11)20-13(21)12-5-2-6-22-12/h1,3-4,7-8,12H,2,5-6H2,(H,19,20,21). The molecule has 0 spiro atoms. The highest BCUT2D eigenvalue weighted by molar-refractivity contribution is 7.14. The lowest BCUT2D eigenvalue weighted by molar-refractivity contribution is -0.137. The first-order valence-corrected chi connectivity index (χ1v) is 7.87. The van der Waals surface area contributed by atoms with Gasteiger partial charge < -0.3 is 4.74 Å². The van der Waals surface area contributed by atoms with Gasteiger partial charge in [-0.3, -0.25) is 10.1 Å². The summed E-state index contributed by atoms with van der Waals surface area (Å²) in [4.78, 5) is 16.1. The monoisotopic (exact) mass is 342 g/mol. The van der Waals surface area contributed by atoms with E-state index in [4.69, 9.17) is 4.74 Å². The van der Waals surface area contributed by atoms with E-state index in [0.717, 1.165) is 29.9 Å². The average molecular weight is 342 g/mol. The van der Waals surface area contributed by atoms with Crippen molar-refractivity contribution in [2.45, 2.75) is 25.1 Å². The molecule has 122 valence electrons. The number of hydrogen-bond donors (Lipinski definition) is 1. The minimum Gasteiger partial charge on any atom is -0.368 e. The van der Waals surface area contributed by atoms with E-state index in [-0.39, 0.29) is 5.91 Å². The number of thiazole rings is 1. The Hall–Kier alpha value is -1.93. The summed E-state index contributed by atoms with van der Waals surface area (Å²) in [6.07, 6.45) is -3.37. The van der Waals surface area contributed by atoms with Crippen molar-refractivity contribution in [2.75, 3.05) is 11.9 Å². The predicted octanol–water partition coefficient (Wildman–Crippen LogP) is 3.95. The summed E-state index contributed by atoms with van der Waals surface area (Å²) in [6.45, 7) is 0.561. The van der Waals surface area contributed by atoms with Gasteiger partial charge in [0.15, 0.2) is 5.13 Å². The molecule has 2 aromatic rings. The number of rotatable bonds is 3. The zero-order valence-electron chi connectivity index (χ0n) is 11.9. The molecule has 4 nitrogen and oxygen atoms in total. The SMILES string of the molecule is O=C(Nc1nc(-c2cccc(C(F)(F)F)c2)cs1)C1CCCO1. The molecule has 0 aliphatic carbocycles. The molecule has 1 aromatic carbocycles. The van der Waals surface area contributed by atoms with E-state index in [2.05, 4.69) is 10.3 Å². The number of nitrogens with one attached hydrogen (secondary N) is 1. The molecule has 1 N–H and O–H groups in total. The number of halogens is 3. The van der Waals surface area contributed by atoms with Crippen LogP contribution in [-0.2, 0) is 15.7 Å². The number of ether oxygens (including phenoxy) is 1. The quantitative estimate of drug-likeness (QED) is 0.919. The van der Waals surface area contributed by atoms with Gasteiger partial charge in [0, 0.05) is 17.6 Å². The zero-order chi connectivity index (χ0) is 16.4. The molecule has 1 saturated heterocycles. The van der Waals surface area contributed by atoms with Crippen LogP contribution >= 0.6 is 11.3 Å². The second-order valence-corrected chi connectivity index (χ2v) is 5.97. The summed E-state index contributed by atoms with van der Waals surface area (Å²) in [5, 5.41) is 4.60. The Balaban J connectivity index is 1.75. The van der Waals surface area contributed by atoms with Crippen LogP contribution in [0.15, 0.2) is 29.6 Å². The van der Waals surface area contributed by atoms with Crippen LogP contribution in [0, 0.1) is 0 Å². The summed E-state index contributed by atoms with van der Waals surface area (Å²) in [5.41, 5.74) is 0.0189. The second kappa shape index (κ2) is 6.29. The molecule has 0 saturated carbocycles. The largest absolute Gasteiger partial charge is 0.416 e. The number of hydrogen-bond acceptors (Lipinski definition) is 4. The molecule has 1 aliphatic rings. The van der Waals surface area contributed by atoms with Crippen LogP contribution in [0.25, 0.3) is 11.3 Å². The summed E-state index contributed by atoms with van der Waals surface area (Å²) in [5.74, 6) is -0.271. The van der Waals surface area contributed by atoms with Crippen LogP contribution in [0.5, 0.6) is 0 Å². The van der Waals surface area contributed by atoms with Gasteiger partial charge in [0.2, 0.25) is 0 Å². The van der Waals surface area contributed by atoms with Crippen molar-refractivity contribution in [1.29, 1.82) is 0 Å². The van der Waals surface area contributed by atoms with E-state index in [1.54, 1.807) is 11.4 Å². The number of alkyl halides is 3. The van der Waals surface area contributed by atoms with E-state index in [1.165, 1.54) is 6.07 Å². The van der Waals surface area contributed by atoms with Crippen LogP contribution < -0.4 is 5.32 Å². The van der Waals surface area contributed by atoms with Crippen molar-refractivity contribution in [3.8, 4) is 11.3 Å². The van der Waals surface area contributed by atoms with Gasteiger partial charge in [0.25, 0.3) is 5.91 Å². The molecule has 0 radical (unpaired) electrons. The van der Waals surface area contributed by atoms with Crippen molar-refractivity contribution in [3.05, 3.63) is 35.2 Å². The highest BCUT2D eigenvalue weighted by atomic mass is 32.1. The van der Waals surface area contributed by atoms with E-state index < -0.39 is 17.8 Å². The number of benzene rings is 1. The normalized spacial score (nSPS) is 18.1. The maximum atomic E-state index is 12.7. The molecular weight excluding hydrogens is 329 g/mol. The highest BCUT2D eigenvalue weighted by Gasteiger charge is 2.30.